The van der Waals surface area contributed by atoms with Gasteiger partial charge in [0.05, 0.1) is 28.2 Å². The Morgan fingerprint density at radius 2 is 1.65 bits per heavy atom. The van der Waals surface area contributed by atoms with E-state index < -0.39 is 0 Å². The van der Waals surface area contributed by atoms with Crippen molar-refractivity contribution in [1.29, 1.82) is 0 Å². The van der Waals surface area contributed by atoms with Gasteiger partial charge in [0.25, 0.3) is 5.91 Å². The zero-order chi connectivity index (χ0) is 21.8. The first-order valence-corrected chi connectivity index (χ1v) is 10.2. The Labute approximate surface area is 185 Å². The van der Waals surface area contributed by atoms with E-state index in [0.717, 1.165) is 16.7 Å². The largest absolute Gasteiger partial charge is 0.345 e. The maximum atomic E-state index is 13.0. The summed E-state index contributed by atoms with van der Waals surface area (Å²) in [7, 11) is 1.75. The van der Waals surface area contributed by atoms with Crippen LogP contribution in [0.2, 0.25) is 5.02 Å². The molecule has 0 saturated carbocycles. The first kappa shape index (κ1) is 20.6. The molecule has 0 aliphatic carbocycles. The van der Waals surface area contributed by atoms with Crippen LogP contribution < -0.4 is 10.2 Å². The maximum absolute atomic E-state index is 13.0. The van der Waals surface area contributed by atoms with Crippen LogP contribution in [0.4, 0.5) is 5.69 Å². The van der Waals surface area contributed by atoms with Crippen LogP contribution in [0, 0.1) is 0 Å². The van der Waals surface area contributed by atoms with Crippen molar-refractivity contribution in [2.75, 3.05) is 11.9 Å². The van der Waals surface area contributed by atoms with E-state index >= 15 is 0 Å². The highest BCUT2D eigenvalue weighted by molar-refractivity contribution is 6.33. The number of fused-ring (bicyclic) bond motifs is 1. The Hall–Kier alpha value is -3.64. The minimum atomic E-state index is -0.295. The zero-order valence-electron chi connectivity index (χ0n) is 17.0. The summed E-state index contributed by atoms with van der Waals surface area (Å²) in [6.45, 7) is 0.268. The van der Waals surface area contributed by atoms with E-state index in [0.29, 0.717) is 16.4 Å². The van der Waals surface area contributed by atoms with Crippen molar-refractivity contribution in [2.24, 2.45) is 0 Å². The molecule has 3 aromatic carbocycles. The van der Waals surface area contributed by atoms with Crippen molar-refractivity contribution >= 4 is 40.1 Å². The molecule has 0 saturated heterocycles. The molecule has 0 fully saturated rings. The number of hydrogen-bond acceptors (Lipinski definition) is 3. The molecule has 0 atom stereocenters. The highest BCUT2D eigenvalue weighted by Gasteiger charge is 2.18. The smallest absolute Gasteiger partial charge is 0.253 e. The van der Waals surface area contributed by atoms with E-state index in [1.807, 2.05) is 59.2 Å². The summed E-state index contributed by atoms with van der Waals surface area (Å²) in [5.41, 5.74) is 2.80. The molecule has 4 aromatic rings. The molecule has 1 heterocycles. The molecular weight excluding hydrogens is 412 g/mol. The molecule has 7 heteroatoms. The van der Waals surface area contributed by atoms with Crippen molar-refractivity contribution < 1.29 is 9.59 Å². The molecule has 0 radical (unpaired) electrons. The van der Waals surface area contributed by atoms with Gasteiger partial charge < -0.3 is 14.8 Å². The van der Waals surface area contributed by atoms with Gasteiger partial charge in [-0.3, -0.25) is 9.59 Å². The SMILES string of the molecule is CN(C(=O)Cn1c(CNC(=O)c2ccccc2Cl)nc2ccccc21)c1ccccc1. The molecule has 0 aliphatic heterocycles. The number of likely N-dealkylation sites (N-methyl/N-ethyl adjacent to an activating group) is 1. The van der Waals surface area contributed by atoms with Crippen molar-refractivity contribution in [3.8, 4) is 0 Å². The predicted octanol–water partition coefficient (Wildman–Crippen LogP) is 4.28. The number of para-hydroxylation sites is 3. The molecule has 0 aliphatic rings. The van der Waals surface area contributed by atoms with Crippen molar-refractivity contribution in [1.82, 2.24) is 14.9 Å². The van der Waals surface area contributed by atoms with Crippen molar-refractivity contribution in [2.45, 2.75) is 13.1 Å². The van der Waals surface area contributed by atoms with E-state index in [-0.39, 0.29) is 24.9 Å². The Bertz CT molecular complexity index is 1240. The van der Waals surface area contributed by atoms with Crippen LogP contribution in [-0.2, 0) is 17.9 Å². The summed E-state index contributed by atoms with van der Waals surface area (Å²) in [6.07, 6.45) is 0. The molecule has 2 amide bonds. The molecular formula is C24H21ClN4O2. The number of rotatable bonds is 6. The molecule has 0 spiro atoms. The molecule has 0 bridgehead atoms. The fourth-order valence-electron chi connectivity index (χ4n) is 3.37. The minimum Gasteiger partial charge on any atom is -0.345 e. The molecule has 31 heavy (non-hydrogen) atoms. The lowest BCUT2D eigenvalue weighted by molar-refractivity contribution is -0.118. The number of imidazole rings is 1. The Balaban J connectivity index is 1.58. The average molecular weight is 433 g/mol. The summed E-state index contributed by atoms with van der Waals surface area (Å²) in [5, 5.41) is 3.24. The predicted molar refractivity (Wildman–Crippen MR) is 122 cm³/mol. The van der Waals surface area contributed by atoms with Crippen molar-refractivity contribution in [3.63, 3.8) is 0 Å². The van der Waals surface area contributed by atoms with E-state index in [1.165, 1.54) is 0 Å². The summed E-state index contributed by atoms with van der Waals surface area (Å²) in [6, 6.07) is 23.9. The van der Waals surface area contributed by atoms with Gasteiger partial charge in [0, 0.05) is 12.7 Å². The van der Waals surface area contributed by atoms with Gasteiger partial charge in [0.2, 0.25) is 5.91 Å². The molecule has 4 rings (SSSR count). The molecule has 6 nitrogen and oxygen atoms in total. The highest BCUT2D eigenvalue weighted by Crippen LogP contribution is 2.19. The lowest BCUT2D eigenvalue weighted by Gasteiger charge is -2.19. The maximum Gasteiger partial charge on any atom is 0.253 e. The summed E-state index contributed by atoms with van der Waals surface area (Å²) in [4.78, 5) is 31.8. The standard InChI is InChI=1S/C24H21ClN4O2/c1-28(17-9-3-2-4-10-17)23(30)16-29-21-14-8-7-13-20(21)27-22(29)15-26-24(31)18-11-5-6-12-19(18)25/h2-14H,15-16H2,1H3,(H,26,31). The van der Waals surface area contributed by atoms with Gasteiger partial charge in [-0.05, 0) is 36.4 Å². The molecule has 156 valence electrons. The number of halogens is 1. The first-order chi connectivity index (χ1) is 15.0. The van der Waals surface area contributed by atoms with Crippen molar-refractivity contribution in [3.05, 3.63) is 95.3 Å². The van der Waals surface area contributed by atoms with Crippen LogP contribution in [0.25, 0.3) is 11.0 Å². The number of nitrogens with zero attached hydrogens (tertiary/aromatic N) is 3. The minimum absolute atomic E-state index is 0.0898. The van der Waals surface area contributed by atoms with Crippen LogP contribution in [0.15, 0.2) is 78.9 Å². The lowest BCUT2D eigenvalue weighted by Crippen LogP contribution is -2.31. The zero-order valence-corrected chi connectivity index (χ0v) is 17.7. The fourth-order valence-corrected chi connectivity index (χ4v) is 3.60. The Morgan fingerprint density at radius 1 is 0.968 bits per heavy atom. The quantitative estimate of drug-likeness (QED) is 0.494. The van der Waals surface area contributed by atoms with E-state index in [4.69, 9.17) is 11.6 Å². The third-order valence-electron chi connectivity index (χ3n) is 5.07. The average Bonchev–Trinajstić information content (AvgIpc) is 3.15. The first-order valence-electron chi connectivity index (χ1n) is 9.83. The van der Waals surface area contributed by atoms with E-state index in [9.17, 15) is 9.59 Å². The van der Waals surface area contributed by atoms with E-state index in [1.54, 1.807) is 36.2 Å². The number of nitrogens with one attached hydrogen (secondary N) is 1. The van der Waals surface area contributed by atoms with Crippen LogP contribution in [-0.4, -0.2) is 28.4 Å². The van der Waals surface area contributed by atoms with Gasteiger partial charge in [0.1, 0.15) is 12.4 Å². The van der Waals surface area contributed by atoms with Gasteiger partial charge in [-0.2, -0.15) is 0 Å². The second-order valence-corrected chi connectivity index (χ2v) is 7.46. The fraction of sp³-hybridized carbons (Fsp3) is 0.125. The van der Waals surface area contributed by atoms with Gasteiger partial charge in [0.15, 0.2) is 0 Å². The Morgan fingerprint density at radius 3 is 2.42 bits per heavy atom. The summed E-state index contributed by atoms with van der Waals surface area (Å²) < 4.78 is 1.84. The monoisotopic (exact) mass is 432 g/mol. The van der Waals surface area contributed by atoms with Gasteiger partial charge in [-0.1, -0.05) is 54.1 Å². The summed E-state index contributed by atoms with van der Waals surface area (Å²) in [5.74, 6) is 0.210. The number of anilines is 1. The number of carbonyl (C=O) groups is 2. The van der Waals surface area contributed by atoms with Crippen LogP contribution in [0.1, 0.15) is 16.2 Å². The van der Waals surface area contributed by atoms with Gasteiger partial charge in [-0.15, -0.1) is 0 Å². The van der Waals surface area contributed by atoms with Crippen LogP contribution in [0.5, 0.6) is 0 Å². The summed E-state index contributed by atoms with van der Waals surface area (Å²) >= 11 is 6.13. The third kappa shape index (κ3) is 4.44. The van der Waals surface area contributed by atoms with E-state index in [2.05, 4.69) is 10.3 Å². The van der Waals surface area contributed by atoms with Gasteiger partial charge in [-0.25, -0.2) is 4.98 Å². The number of amides is 2. The van der Waals surface area contributed by atoms with Crippen LogP contribution in [0.3, 0.4) is 0 Å². The highest BCUT2D eigenvalue weighted by atomic mass is 35.5. The third-order valence-corrected chi connectivity index (χ3v) is 5.40. The molecule has 0 unspecified atom stereocenters. The lowest BCUT2D eigenvalue weighted by atomic mass is 10.2. The van der Waals surface area contributed by atoms with Gasteiger partial charge >= 0.3 is 0 Å². The van der Waals surface area contributed by atoms with Crippen LogP contribution >= 0.6 is 11.6 Å². The topological polar surface area (TPSA) is 67.2 Å². The number of benzene rings is 3. The molecule has 1 aromatic heterocycles. The number of carbonyl (C=O) groups excluding carboxylic acids is 2. The Kier molecular flexibility index (Phi) is 6.00. The molecule has 1 N–H and O–H groups in total. The normalized spacial score (nSPS) is 10.8. The number of aromatic nitrogens is 2. The second-order valence-electron chi connectivity index (χ2n) is 7.05. The second kappa shape index (κ2) is 9.02. The number of hydrogen-bond donors (Lipinski definition) is 1.